The van der Waals surface area contributed by atoms with Gasteiger partial charge in [-0.25, -0.2) is 4.79 Å². The minimum Gasteiger partial charge on any atom is -0.478 e. The van der Waals surface area contributed by atoms with E-state index in [4.69, 9.17) is 14.6 Å². The van der Waals surface area contributed by atoms with Gasteiger partial charge in [-0.05, 0) is 6.07 Å². The molecule has 0 aromatic heterocycles. The van der Waals surface area contributed by atoms with Crippen molar-refractivity contribution in [2.24, 2.45) is 0 Å². The van der Waals surface area contributed by atoms with E-state index in [-0.39, 0.29) is 23.5 Å². The summed E-state index contributed by atoms with van der Waals surface area (Å²) in [5, 5.41) is 23.1. The summed E-state index contributed by atoms with van der Waals surface area (Å²) < 4.78 is 10.7. The standard InChI is InChI=1S/C13H16N2O6/c1-20-13(5-6-21-8-13)7-14-11-9(12(16)17)3-2-4-10(11)15(18)19/h2-4,14H,5-8H2,1H3,(H,16,17). The molecule has 0 spiro atoms. The molecule has 0 bridgehead atoms. The molecule has 0 saturated carbocycles. The van der Waals surface area contributed by atoms with E-state index in [1.165, 1.54) is 25.3 Å². The van der Waals surface area contributed by atoms with Gasteiger partial charge >= 0.3 is 5.97 Å². The normalized spacial score (nSPS) is 21.2. The number of nitrogens with one attached hydrogen (secondary N) is 1. The molecule has 1 saturated heterocycles. The Labute approximate surface area is 120 Å². The van der Waals surface area contributed by atoms with Crippen LogP contribution in [0.15, 0.2) is 18.2 Å². The molecule has 1 heterocycles. The molecule has 1 aromatic rings. The predicted molar refractivity (Wildman–Crippen MR) is 73.7 cm³/mol. The molecule has 1 unspecified atom stereocenters. The number of hydrogen-bond donors (Lipinski definition) is 2. The second-order valence-electron chi connectivity index (χ2n) is 4.81. The Kier molecular flexibility index (Phi) is 4.39. The van der Waals surface area contributed by atoms with Crippen molar-refractivity contribution in [1.82, 2.24) is 0 Å². The fraction of sp³-hybridized carbons (Fsp3) is 0.462. The summed E-state index contributed by atoms with van der Waals surface area (Å²) in [5.41, 5.74) is -1.03. The zero-order valence-corrected chi connectivity index (χ0v) is 11.5. The first-order chi connectivity index (χ1) is 9.99. The maximum absolute atomic E-state index is 11.2. The van der Waals surface area contributed by atoms with Gasteiger partial charge in [0.2, 0.25) is 0 Å². The molecule has 1 atom stereocenters. The number of carbonyl (C=O) groups is 1. The third kappa shape index (κ3) is 3.11. The lowest BCUT2D eigenvalue weighted by atomic mass is 10.0. The summed E-state index contributed by atoms with van der Waals surface area (Å²) >= 11 is 0. The lowest BCUT2D eigenvalue weighted by molar-refractivity contribution is -0.384. The number of aromatic carboxylic acids is 1. The number of nitrogens with zero attached hydrogens (tertiary/aromatic N) is 1. The van der Waals surface area contributed by atoms with Crippen LogP contribution >= 0.6 is 0 Å². The number of carboxylic acids is 1. The van der Waals surface area contributed by atoms with E-state index in [2.05, 4.69) is 5.32 Å². The van der Waals surface area contributed by atoms with Crippen LogP contribution in [0, 0.1) is 10.1 Å². The first-order valence-corrected chi connectivity index (χ1v) is 6.36. The Morgan fingerprint density at radius 3 is 2.90 bits per heavy atom. The largest absolute Gasteiger partial charge is 0.478 e. The van der Waals surface area contributed by atoms with Gasteiger partial charge in [0.1, 0.15) is 11.3 Å². The topological polar surface area (TPSA) is 111 Å². The van der Waals surface area contributed by atoms with Crippen LogP contribution in [-0.4, -0.2) is 48.5 Å². The lowest BCUT2D eigenvalue weighted by Gasteiger charge is -2.26. The van der Waals surface area contributed by atoms with E-state index in [0.29, 0.717) is 19.6 Å². The van der Waals surface area contributed by atoms with Gasteiger partial charge in [-0.3, -0.25) is 10.1 Å². The third-order valence-corrected chi connectivity index (χ3v) is 3.56. The number of benzene rings is 1. The number of nitro benzene ring substituents is 1. The van der Waals surface area contributed by atoms with Crippen molar-refractivity contribution in [3.8, 4) is 0 Å². The van der Waals surface area contributed by atoms with Gasteiger partial charge in [-0.1, -0.05) is 6.07 Å². The highest BCUT2D eigenvalue weighted by Gasteiger charge is 2.35. The third-order valence-electron chi connectivity index (χ3n) is 3.56. The molecule has 114 valence electrons. The Balaban J connectivity index is 2.29. The summed E-state index contributed by atoms with van der Waals surface area (Å²) in [6.45, 7) is 1.13. The summed E-state index contributed by atoms with van der Waals surface area (Å²) in [6.07, 6.45) is 0.638. The van der Waals surface area contributed by atoms with Crippen molar-refractivity contribution in [1.29, 1.82) is 0 Å². The van der Waals surface area contributed by atoms with Gasteiger partial charge < -0.3 is 19.9 Å². The molecule has 0 aliphatic carbocycles. The molecule has 1 aliphatic heterocycles. The van der Waals surface area contributed by atoms with Crippen LogP contribution in [0.25, 0.3) is 0 Å². The molecule has 1 aromatic carbocycles. The average molecular weight is 296 g/mol. The first kappa shape index (κ1) is 15.2. The van der Waals surface area contributed by atoms with Gasteiger partial charge in [0.05, 0.1) is 17.1 Å². The van der Waals surface area contributed by atoms with Gasteiger partial charge in [-0.2, -0.15) is 0 Å². The lowest BCUT2D eigenvalue weighted by Crippen LogP contribution is -2.40. The Hall–Kier alpha value is -2.19. The molecule has 1 fully saturated rings. The molecule has 8 nitrogen and oxygen atoms in total. The molecule has 21 heavy (non-hydrogen) atoms. The molecule has 8 heteroatoms. The van der Waals surface area contributed by atoms with Gasteiger partial charge in [-0.15, -0.1) is 0 Å². The first-order valence-electron chi connectivity index (χ1n) is 6.36. The summed E-state index contributed by atoms with van der Waals surface area (Å²) in [4.78, 5) is 21.7. The summed E-state index contributed by atoms with van der Waals surface area (Å²) in [7, 11) is 1.54. The van der Waals surface area contributed by atoms with Crippen molar-refractivity contribution in [3.05, 3.63) is 33.9 Å². The predicted octanol–water partition coefficient (Wildman–Crippen LogP) is 1.51. The number of methoxy groups -OCH3 is 1. The number of para-hydroxylation sites is 1. The molecule has 0 amide bonds. The number of anilines is 1. The zero-order chi connectivity index (χ0) is 15.5. The highest BCUT2D eigenvalue weighted by atomic mass is 16.6. The van der Waals surface area contributed by atoms with E-state index in [1.807, 2.05) is 0 Å². The van der Waals surface area contributed by atoms with Crippen LogP contribution in [0.1, 0.15) is 16.8 Å². The van der Waals surface area contributed by atoms with E-state index in [0.717, 1.165) is 0 Å². The van der Waals surface area contributed by atoms with E-state index in [9.17, 15) is 14.9 Å². The van der Waals surface area contributed by atoms with Crippen LogP contribution in [0.2, 0.25) is 0 Å². The van der Waals surface area contributed by atoms with E-state index in [1.54, 1.807) is 0 Å². The minimum atomic E-state index is -1.23. The number of hydrogen-bond acceptors (Lipinski definition) is 6. The number of nitro groups is 1. The smallest absolute Gasteiger partial charge is 0.338 e. The van der Waals surface area contributed by atoms with Crippen molar-refractivity contribution in [2.45, 2.75) is 12.0 Å². The molecule has 0 radical (unpaired) electrons. The van der Waals surface area contributed by atoms with Crippen molar-refractivity contribution >= 4 is 17.3 Å². The van der Waals surface area contributed by atoms with Crippen LogP contribution in [-0.2, 0) is 9.47 Å². The number of rotatable bonds is 6. The van der Waals surface area contributed by atoms with Crippen LogP contribution < -0.4 is 5.32 Å². The summed E-state index contributed by atoms with van der Waals surface area (Å²) in [6, 6.07) is 3.93. The van der Waals surface area contributed by atoms with Crippen LogP contribution in [0.3, 0.4) is 0 Å². The van der Waals surface area contributed by atoms with E-state index >= 15 is 0 Å². The second kappa shape index (κ2) is 6.06. The minimum absolute atomic E-state index is 0.0154. The monoisotopic (exact) mass is 296 g/mol. The molecule has 2 N–H and O–H groups in total. The fourth-order valence-electron chi connectivity index (χ4n) is 2.27. The van der Waals surface area contributed by atoms with Crippen LogP contribution in [0.5, 0.6) is 0 Å². The fourth-order valence-corrected chi connectivity index (χ4v) is 2.27. The number of carboxylic acid groups (broad SMARTS) is 1. The van der Waals surface area contributed by atoms with Crippen LogP contribution in [0.4, 0.5) is 11.4 Å². The average Bonchev–Trinajstić information content (AvgIpc) is 2.94. The Morgan fingerprint density at radius 2 is 2.38 bits per heavy atom. The molecular formula is C13H16N2O6. The van der Waals surface area contributed by atoms with Gasteiger partial charge in [0, 0.05) is 32.7 Å². The quantitative estimate of drug-likeness (QED) is 0.604. The maximum Gasteiger partial charge on any atom is 0.338 e. The highest BCUT2D eigenvalue weighted by molar-refractivity contribution is 5.96. The maximum atomic E-state index is 11.2. The van der Waals surface area contributed by atoms with Gasteiger partial charge in [0.25, 0.3) is 5.69 Å². The van der Waals surface area contributed by atoms with Gasteiger partial charge in [0.15, 0.2) is 0 Å². The summed E-state index contributed by atoms with van der Waals surface area (Å²) in [5.74, 6) is -1.23. The highest BCUT2D eigenvalue weighted by Crippen LogP contribution is 2.30. The second-order valence-corrected chi connectivity index (χ2v) is 4.81. The zero-order valence-electron chi connectivity index (χ0n) is 11.5. The molecular weight excluding hydrogens is 280 g/mol. The van der Waals surface area contributed by atoms with E-state index < -0.39 is 16.5 Å². The van der Waals surface area contributed by atoms with Crippen molar-refractivity contribution in [2.75, 3.05) is 32.2 Å². The molecule has 2 rings (SSSR count). The number of ether oxygens (including phenoxy) is 2. The van der Waals surface area contributed by atoms with Crippen molar-refractivity contribution in [3.63, 3.8) is 0 Å². The molecule has 1 aliphatic rings. The Morgan fingerprint density at radius 1 is 1.62 bits per heavy atom. The van der Waals surface area contributed by atoms with Crippen molar-refractivity contribution < 1.29 is 24.3 Å². The SMILES string of the molecule is COC1(CNc2c(C(=O)O)cccc2[N+](=O)[O-])CCOC1. The Bertz CT molecular complexity index is 521.